The minimum atomic E-state index is -1.03. The van der Waals surface area contributed by atoms with E-state index in [2.05, 4.69) is 0 Å². The summed E-state index contributed by atoms with van der Waals surface area (Å²) in [7, 11) is 0. The highest BCUT2D eigenvalue weighted by Crippen LogP contribution is 2.30. The van der Waals surface area contributed by atoms with Gasteiger partial charge in [-0.25, -0.2) is 14.4 Å². The number of esters is 1. The fraction of sp³-hybridized carbons (Fsp3) is 0.250. The van der Waals surface area contributed by atoms with Gasteiger partial charge in [-0.3, -0.25) is 0 Å². The number of ether oxygens (including phenoxy) is 5. The predicted octanol–water partition coefficient (Wildman–Crippen LogP) is 4.03. The molecule has 0 bridgehead atoms. The van der Waals surface area contributed by atoms with Crippen LogP contribution in [0.4, 0.5) is 15.3 Å². The minimum absolute atomic E-state index is 0.0608. The number of rotatable bonds is 9. The van der Waals surface area contributed by atoms with Gasteiger partial charge < -0.3 is 29.4 Å². The molecule has 0 aliphatic heterocycles. The van der Waals surface area contributed by atoms with Crippen LogP contribution in [-0.4, -0.2) is 38.1 Å². The summed E-state index contributed by atoms with van der Waals surface area (Å²) in [6.07, 6.45) is -0.332. The van der Waals surface area contributed by atoms with Crippen LogP contribution in [0.2, 0.25) is 0 Å². The molecule has 0 saturated carbocycles. The Kier molecular flexibility index (Phi) is 9.94. The largest absolute Gasteiger partial charge is 0.513 e. The van der Waals surface area contributed by atoms with Crippen molar-refractivity contribution in [3.63, 3.8) is 0 Å². The lowest BCUT2D eigenvalue weighted by Crippen LogP contribution is -2.14. The van der Waals surface area contributed by atoms with Crippen molar-refractivity contribution in [2.24, 2.45) is 0 Å². The van der Waals surface area contributed by atoms with E-state index in [-0.39, 0.29) is 36.9 Å². The average molecular weight is 468 g/mol. The lowest BCUT2D eigenvalue weighted by atomic mass is 10.1. The third-order valence-corrected chi connectivity index (χ3v) is 4.13. The summed E-state index contributed by atoms with van der Waals surface area (Å²) in [5.41, 5.74) is 7.21. The molecule has 0 heterocycles. The Labute approximate surface area is 196 Å². The van der Waals surface area contributed by atoms with Crippen LogP contribution in [0.15, 0.2) is 48.0 Å². The molecule has 2 aromatic carbocycles. The zero-order chi connectivity index (χ0) is 24.9. The second-order valence-corrected chi connectivity index (χ2v) is 6.57. The summed E-state index contributed by atoms with van der Waals surface area (Å²) in [4.78, 5) is 35.7. The van der Waals surface area contributed by atoms with Crippen molar-refractivity contribution in [3.05, 3.63) is 59.2 Å². The Morgan fingerprint density at radius 3 is 2.12 bits per heavy atom. The molecular weight excluding hydrogens is 444 g/mol. The summed E-state index contributed by atoms with van der Waals surface area (Å²) >= 11 is 0. The van der Waals surface area contributed by atoms with Crippen LogP contribution >= 0.6 is 0 Å². The minimum Gasteiger partial charge on any atom is -0.461 e. The molecular formula is C24H24N2O8. The van der Waals surface area contributed by atoms with E-state index < -0.39 is 18.3 Å². The highest BCUT2D eigenvalue weighted by molar-refractivity contribution is 5.98. The maximum atomic E-state index is 12.3. The Hall–Kier alpha value is -4.52. The van der Waals surface area contributed by atoms with E-state index in [0.29, 0.717) is 17.7 Å². The number of nitrogen functional groups attached to an aromatic ring is 1. The molecule has 0 spiro atoms. The first-order valence-electron chi connectivity index (χ1n) is 10.3. The number of anilines is 1. The molecule has 10 heteroatoms. The standard InChI is InChI=1S/C24H24N2O8/c1-3-30-23(28)33-20-10-7-17(14-21(20)34-24(29)31-4-2)13-18(15-25)22(27)32-12-11-16-5-8-19(26)9-6-16/h5-10,13-14H,3-4,11-12,26H2,1-2H3. The molecule has 2 rings (SSSR count). The van der Waals surface area contributed by atoms with Gasteiger partial charge in [-0.05, 0) is 55.3 Å². The number of nitrogens with zero attached hydrogens (tertiary/aromatic N) is 1. The lowest BCUT2D eigenvalue weighted by Gasteiger charge is -2.11. The van der Waals surface area contributed by atoms with Crippen molar-refractivity contribution < 1.29 is 38.1 Å². The quantitative estimate of drug-likeness (QED) is 0.143. The fourth-order valence-corrected chi connectivity index (χ4v) is 2.58. The Bertz CT molecular complexity index is 1090. The molecule has 10 nitrogen and oxygen atoms in total. The van der Waals surface area contributed by atoms with Crippen molar-refractivity contribution in [1.82, 2.24) is 0 Å². The second kappa shape index (κ2) is 13.1. The van der Waals surface area contributed by atoms with Crippen LogP contribution in [0.25, 0.3) is 6.08 Å². The fourth-order valence-electron chi connectivity index (χ4n) is 2.58. The van der Waals surface area contributed by atoms with E-state index in [1.807, 2.05) is 12.1 Å². The molecule has 178 valence electrons. The average Bonchev–Trinajstić information content (AvgIpc) is 2.80. The molecule has 0 amide bonds. The number of carbonyl (C=O) groups is 3. The van der Waals surface area contributed by atoms with Crippen LogP contribution in [-0.2, 0) is 25.4 Å². The molecule has 2 aromatic rings. The molecule has 0 saturated heterocycles. The summed E-state index contributed by atoms with van der Waals surface area (Å²) < 4.78 is 24.7. The highest BCUT2D eigenvalue weighted by Gasteiger charge is 2.17. The first-order valence-corrected chi connectivity index (χ1v) is 10.3. The van der Waals surface area contributed by atoms with Gasteiger partial charge in [0, 0.05) is 12.1 Å². The highest BCUT2D eigenvalue weighted by atomic mass is 16.7. The number of benzene rings is 2. The van der Waals surface area contributed by atoms with Crippen LogP contribution in [0.3, 0.4) is 0 Å². The van der Waals surface area contributed by atoms with Gasteiger partial charge >= 0.3 is 18.3 Å². The predicted molar refractivity (Wildman–Crippen MR) is 121 cm³/mol. The van der Waals surface area contributed by atoms with Gasteiger partial charge in [-0.1, -0.05) is 18.2 Å². The number of carbonyl (C=O) groups excluding carboxylic acids is 3. The topological polar surface area (TPSA) is 147 Å². The third kappa shape index (κ3) is 8.20. The summed E-state index contributed by atoms with van der Waals surface area (Å²) in [6.45, 7) is 3.40. The van der Waals surface area contributed by atoms with Crippen LogP contribution in [0.1, 0.15) is 25.0 Å². The molecule has 0 aromatic heterocycles. The monoisotopic (exact) mass is 468 g/mol. The van der Waals surface area contributed by atoms with Crippen molar-refractivity contribution in [2.75, 3.05) is 25.6 Å². The zero-order valence-corrected chi connectivity index (χ0v) is 18.7. The summed E-state index contributed by atoms with van der Waals surface area (Å²) in [5, 5.41) is 9.40. The zero-order valence-electron chi connectivity index (χ0n) is 18.7. The molecule has 0 atom stereocenters. The molecule has 0 fully saturated rings. The van der Waals surface area contributed by atoms with Gasteiger partial charge in [-0.15, -0.1) is 0 Å². The third-order valence-electron chi connectivity index (χ3n) is 4.13. The van der Waals surface area contributed by atoms with E-state index in [0.717, 1.165) is 5.56 Å². The Balaban J connectivity index is 2.16. The molecule has 0 radical (unpaired) electrons. The van der Waals surface area contributed by atoms with Gasteiger partial charge in [0.15, 0.2) is 11.5 Å². The van der Waals surface area contributed by atoms with Crippen LogP contribution in [0, 0.1) is 11.3 Å². The van der Waals surface area contributed by atoms with Gasteiger partial charge in [0.1, 0.15) is 11.6 Å². The summed E-state index contributed by atoms with van der Waals surface area (Å²) in [5.74, 6) is -1.11. The molecule has 0 aliphatic carbocycles. The maximum absolute atomic E-state index is 12.3. The molecule has 34 heavy (non-hydrogen) atoms. The van der Waals surface area contributed by atoms with E-state index in [4.69, 9.17) is 29.4 Å². The van der Waals surface area contributed by atoms with E-state index in [1.54, 1.807) is 32.0 Å². The van der Waals surface area contributed by atoms with Gasteiger partial charge in [-0.2, -0.15) is 5.26 Å². The summed E-state index contributed by atoms with van der Waals surface area (Å²) in [6, 6.07) is 13.0. The van der Waals surface area contributed by atoms with E-state index >= 15 is 0 Å². The Morgan fingerprint density at radius 2 is 1.53 bits per heavy atom. The first kappa shape index (κ1) is 25.7. The van der Waals surface area contributed by atoms with E-state index in [1.165, 1.54) is 24.3 Å². The molecule has 0 aliphatic rings. The van der Waals surface area contributed by atoms with E-state index in [9.17, 15) is 19.6 Å². The lowest BCUT2D eigenvalue weighted by molar-refractivity contribution is -0.138. The SMILES string of the molecule is CCOC(=O)Oc1ccc(C=C(C#N)C(=O)OCCc2ccc(N)cc2)cc1OC(=O)OCC. The van der Waals surface area contributed by atoms with Crippen molar-refractivity contribution in [1.29, 1.82) is 5.26 Å². The Morgan fingerprint density at radius 1 is 0.912 bits per heavy atom. The number of nitriles is 1. The van der Waals surface area contributed by atoms with Gasteiger partial charge in [0.05, 0.1) is 19.8 Å². The van der Waals surface area contributed by atoms with Crippen molar-refractivity contribution in [3.8, 4) is 17.6 Å². The molecule has 0 unspecified atom stereocenters. The number of hydrogen-bond donors (Lipinski definition) is 1. The van der Waals surface area contributed by atoms with Crippen LogP contribution < -0.4 is 15.2 Å². The van der Waals surface area contributed by atoms with Crippen molar-refractivity contribution >= 4 is 30.0 Å². The smallest absolute Gasteiger partial charge is 0.461 e. The normalized spacial score (nSPS) is 10.6. The van der Waals surface area contributed by atoms with Crippen LogP contribution in [0.5, 0.6) is 11.5 Å². The second-order valence-electron chi connectivity index (χ2n) is 6.57. The molecule has 2 N–H and O–H groups in total. The van der Waals surface area contributed by atoms with Gasteiger partial charge in [0.2, 0.25) is 0 Å². The van der Waals surface area contributed by atoms with Crippen molar-refractivity contribution in [2.45, 2.75) is 20.3 Å². The first-order chi connectivity index (χ1) is 16.4. The number of hydrogen-bond acceptors (Lipinski definition) is 10. The van der Waals surface area contributed by atoms with Gasteiger partial charge in [0.25, 0.3) is 0 Å². The number of nitrogens with two attached hydrogens (primary N) is 1. The maximum Gasteiger partial charge on any atom is 0.513 e.